The molecular formula is C25H29N3O2S. The lowest BCUT2D eigenvalue weighted by atomic mass is 9.84. The summed E-state index contributed by atoms with van der Waals surface area (Å²) in [5.74, 6) is 0.691. The molecule has 0 N–H and O–H groups in total. The number of aromatic nitrogens is 1. The van der Waals surface area contributed by atoms with Gasteiger partial charge < -0.3 is 4.57 Å². The van der Waals surface area contributed by atoms with Gasteiger partial charge in [-0.15, -0.1) is 11.3 Å². The largest absolute Gasteiger partial charge is 0.314 e. The summed E-state index contributed by atoms with van der Waals surface area (Å²) in [6.45, 7) is 4.32. The highest BCUT2D eigenvalue weighted by Crippen LogP contribution is 2.34. The fraction of sp³-hybridized carbons (Fsp3) is 0.400. The van der Waals surface area contributed by atoms with Crippen LogP contribution in [-0.2, 0) is 0 Å². The van der Waals surface area contributed by atoms with Gasteiger partial charge in [-0.25, -0.2) is 4.99 Å². The molecule has 1 unspecified atom stereocenters. The van der Waals surface area contributed by atoms with E-state index in [0.717, 1.165) is 16.9 Å². The van der Waals surface area contributed by atoms with Gasteiger partial charge in [0.2, 0.25) is 0 Å². The van der Waals surface area contributed by atoms with Crippen molar-refractivity contribution >= 4 is 22.7 Å². The average molecular weight is 436 g/mol. The molecule has 0 aliphatic heterocycles. The van der Waals surface area contributed by atoms with E-state index in [-0.39, 0.29) is 16.7 Å². The van der Waals surface area contributed by atoms with Gasteiger partial charge in [-0.05, 0) is 49.3 Å². The summed E-state index contributed by atoms with van der Waals surface area (Å²) in [4.78, 5) is 16.5. The Morgan fingerprint density at radius 3 is 2.52 bits per heavy atom. The van der Waals surface area contributed by atoms with E-state index in [9.17, 15) is 10.1 Å². The van der Waals surface area contributed by atoms with Crippen LogP contribution in [0.1, 0.15) is 69.9 Å². The summed E-state index contributed by atoms with van der Waals surface area (Å²) >= 11 is 1.54. The molecule has 0 bridgehead atoms. The van der Waals surface area contributed by atoms with Crippen LogP contribution >= 0.6 is 11.3 Å². The summed E-state index contributed by atoms with van der Waals surface area (Å²) in [5.41, 5.74) is 4.15. The second-order valence-corrected chi connectivity index (χ2v) is 9.18. The number of hydrogen-bond acceptors (Lipinski definition) is 4. The van der Waals surface area contributed by atoms with Gasteiger partial charge >= 0.3 is 0 Å². The lowest BCUT2D eigenvalue weighted by Gasteiger charge is -2.22. The van der Waals surface area contributed by atoms with E-state index in [1.165, 1.54) is 60.6 Å². The maximum Gasteiger partial charge on any atom is 0.294 e. The highest BCUT2D eigenvalue weighted by Gasteiger charge is 2.18. The molecule has 5 nitrogen and oxygen atoms in total. The van der Waals surface area contributed by atoms with Crippen molar-refractivity contribution in [2.45, 2.75) is 64.3 Å². The minimum atomic E-state index is -0.370. The SMILES string of the molecule is CCC(C)n1c(-c2ccc(C3CCCCC3)cc2)csc1=Nc1ccccc1[N+](=O)[O-]. The Morgan fingerprint density at radius 2 is 1.84 bits per heavy atom. The molecule has 162 valence electrons. The molecule has 0 saturated heterocycles. The van der Waals surface area contributed by atoms with Crippen molar-refractivity contribution in [3.05, 3.63) is 74.4 Å². The first-order valence-electron chi connectivity index (χ1n) is 11.2. The Bertz CT molecular complexity index is 1110. The zero-order chi connectivity index (χ0) is 21.8. The molecule has 1 aromatic heterocycles. The van der Waals surface area contributed by atoms with Gasteiger partial charge in [0, 0.05) is 17.5 Å². The molecule has 0 radical (unpaired) electrons. The minimum absolute atomic E-state index is 0.0324. The Hall–Kier alpha value is -2.73. The topological polar surface area (TPSA) is 60.4 Å². The van der Waals surface area contributed by atoms with Crippen molar-refractivity contribution in [3.63, 3.8) is 0 Å². The number of thiazole rings is 1. The normalized spacial score (nSPS) is 16.4. The van der Waals surface area contributed by atoms with E-state index in [2.05, 4.69) is 48.1 Å². The molecular weight excluding hydrogens is 406 g/mol. The smallest absolute Gasteiger partial charge is 0.294 e. The zero-order valence-electron chi connectivity index (χ0n) is 18.2. The molecule has 1 atom stereocenters. The predicted molar refractivity (Wildman–Crippen MR) is 127 cm³/mol. The summed E-state index contributed by atoms with van der Waals surface area (Å²) in [6, 6.07) is 15.9. The molecule has 3 aromatic rings. The van der Waals surface area contributed by atoms with Crippen molar-refractivity contribution in [3.8, 4) is 11.3 Å². The lowest BCUT2D eigenvalue weighted by molar-refractivity contribution is -0.384. The molecule has 1 heterocycles. The van der Waals surface area contributed by atoms with Crippen molar-refractivity contribution in [2.24, 2.45) is 4.99 Å². The number of nitro groups is 1. The first kappa shape index (κ1) is 21.5. The fourth-order valence-corrected chi connectivity index (χ4v) is 5.41. The van der Waals surface area contributed by atoms with Gasteiger partial charge in [0.1, 0.15) is 5.69 Å². The predicted octanol–water partition coefficient (Wildman–Crippen LogP) is 7.38. The van der Waals surface area contributed by atoms with Gasteiger partial charge in [0.15, 0.2) is 4.80 Å². The second-order valence-electron chi connectivity index (χ2n) is 8.35. The molecule has 2 aromatic carbocycles. The monoisotopic (exact) mass is 435 g/mol. The molecule has 1 saturated carbocycles. The number of para-hydroxylation sites is 2. The van der Waals surface area contributed by atoms with Crippen LogP contribution in [0.25, 0.3) is 11.3 Å². The van der Waals surface area contributed by atoms with Crippen LogP contribution in [-0.4, -0.2) is 9.49 Å². The zero-order valence-corrected chi connectivity index (χ0v) is 19.0. The van der Waals surface area contributed by atoms with Crippen LogP contribution in [0.2, 0.25) is 0 Å². The van der Waals surface area contributed by atoms with Crippen LogP contribution in [0.3, 0.4) is 0 Å². The standard InChI is InChI=1S/C25H29N3O2S/c1-3-18(2)27-24(21-15-13-20(14-16-21)19-9-5-4-6-10-19)17-31-25(27)26-22-11-7-8-12-23(22)28(29)30/h7-8,11-19H,3-6,9-10H2,1-2H3. The molecule has 4 rings (SSSR count). The maximum absolute atomic E-state index is 11.4. The molecule has 0 amide bonds. The highest BCUT2D eigenvalue weighted by atomic mass is 32.1. The van der Waals surface area contributed by atoms with Gasteiger partial charge in [-0.2, -0.15) is 0 Å². The molecule has 1 aliphatic rings. The first-order valence-corrected chi connectivity index (χ1v) is 12.0. The molecule has 6 heteroatoms. The van der Waals surface area contributed by atoms with Gasteiger partial charge in [0.05, 0.1) is 10.6 Å². The highest BCUT2D eigenvalue weighted by molar-refractivity contribution is 7.07. The molecule has 1 fully saturated rings. The Morgan fingerprint density at radius 1 is 1.13 bits per heavy atom. The van der Waals surface area contributed by atoms with Crippen LogP contribution in [0.15, 0.2) is 58.9 Å². The summed E-state index contributed by atoms with van der Waals surface area (Å²) in [7, 11) is 0. The summed E-state index contributed by atoms with van der Waals surface area (Å²) in [5, 5.41) is 13.5. The number of nitrogens with zero attached hydrogens (tertiary/aromatic N) is 3. The van der Waals surface area contributed by atoms with Gasteiger partial charge in [-0.3, -0.25) is 10.1 Å². The first-order chi connectivity index (χ1) is 15.1. The number of hydrogen-bond donors (Lipinski definition) is 0. The van der Waals surface area contributed by atoms with Gasteiger partial charge in [0.25, 0.3) is 5.69 Å². The van der Waals surface area contributed by atoms with E-state index >= 15 is 0 Å². The Labute approximate surface area is 187 Å². The van der Waals surface area contributed by atoms with Crippen molar-refractivity contribution in [1.29, 1.82) is 0 Å². The van der Waals surface area contributed by atoms with Crippen LogP contribution in [0.4, 0.5) is 11.4 Å². The fourth-order valence-electron chi connectivity index (χ4n) is 4.40. The Balaban J connectivity index is 1.75. The number of benzene rings is 2. The van der Waals surface area contributed by atoms with Crippen molar-refractivity contribution < 1.29 is 4.92 Å². The molecule has 0 spiro atoms. The number of rotatable bonds is 6. The lowest BCUT2D eigenvalue weighted by Crippen LogP contribution is -2.19. The third kappa shape index (κ3) is 4.64. The van der Waals surface area contributed by atoms with Crippen LogP contribution in [0, 0.1) is 10.1 Å². The summed E-state index contributed by atoms with van der Waals surface area (Å²) < 4.78 is 2.22. The van der Waals surface area contributed by atoms with E-state index in [0.29, 0.717) is 11.6 Å². The van der Waals surface area contributed by atoms with E-state index in [4.69, 9.17) is 4.99 Å². The molecule has 1 aliphatic carbocycles. The van der Waals surface area contributed by atoms with E-state index in [1.54, 1.807) is 18.2 Å². The minimum Gasteiger partial charge on any atom is -0.314 e. The third-order valence-corrected chi connectivity index (χ3v) is 7.19. The average Bonchev–Trinajstić information content (AvgIpc) is 3.23. The van der Waals surface area contributed by atoms with E-state index in [1.807, 2.05) is 0 Å². The van der Waals surface area contributed by atoms with Crippen molar-refractivity contribution in [2.75, 3.05) is 0 Å². The van der Waals surface area contributed by atoms with Crippen molar-refractivity contribution in [1.82, 2.24) is 4.57 Å². The number of nitro benzene ring substituents is 1. The quantitative estimate of drug-likeness (QED) is 0.300. The third-order valence-electron chi connectivity index (χ3n) is 6.35. The molecule has 31 heavy (non-hydrogen) atoms. The van der Waals surface area contributed by atoms with Gasteiger partial charge in [-0.1, -0.05) is 62.6 Å². The maximum atomic E-state index is 11.4. The Kier molecular flexibility index (Phi) is 6.66. The van der Waals surface area contributed by atoms with Crippen LogP contribution in [0.5, 0.6) is 0 Å². The summed E-state index contributed by atoms with van der Waals surface area (Å²) in [6.07, 6.45) is 7.58. The van der Waals surface area contributed by atoms with E-state index < -0.39 is 0 Å². The van der Waals surface area contributed by atoms with Crippen LogP contribution < -0.4 is 4.80 Å². The second kappa shape index (κ2) is 9.60.